The van der Waals surface area contributed by atoms with Crippen LogP contribution in [0.3, 0.4) is 0 Å². The molecule has 0 atom stereocenters. The largest absolute Gasteiger partial charge is 0.421 e. The molecule has 0 aliphatic carbocycles. The lowest BCUT2D eigenvalue weighted by molar-refractivity contribution is 0.496. The zero-order valence-corrected chi connectivity index (χ0v) is 17.0. The Kier molecular flexibility index (Phi) is 5.86. The number of anilines is 1. The lowest BCUT2D eigenvalue weighted by atomic mass is 10.1. The Morgan fingerprint density at radius 3 is 2.71 bits per heavy atom. The van der Waals surface area contributed by atoms with Crippen molar-refractivity contribution in [2.24, 2.45) is 0 Å². The highest BCUT2D eigenvalue weighted by Gasteiger charge is 2.14. The van der Waals surface area contributed by atoms with Gasteiger partial charge in [0.1, 0.15) is 5.82 Å². The molecule has 4 nitrogen and oxygen atoms in total. The fraction of sp³-hybridized carbons (Fsp3) is 0.273. The standard InChI is InChI=1S/C22H21BrFN3O/c23-18-6-4-5-16(13-18)14-22-26-25-21(28-22)10-8-17-7-9-19(24)15-20(17)27-11-2-1-3-12-27/h4-10,13,15H,1-3,11-12,14H2/b10-8+. The molecule has 4 rings (SSSR count). The van der Waals surface area contributed by atoms with Crippen molar-refractivity contribution in [3.8, 4) is 0 Å². The predicted octanol–water partition coefficient (Wildman–Crippen LogP) is 5.72. The summed E-state index contributed by atoms with van der Waals surface area (Å²) in [6.45, 7) is 1.92. The first-order valence-corrected chi connectivity index (χ1v) is 10.3. The maximum absolute atomic E-state index is 13.8. The Bertz CT molecular complexity index is 979. The van der Waals surface area contributed by atoms with Crippen LogP contribution in [-0.2, 0) is 6.42 Å². The van der Waals surface area contributed by atoms with Crippen LogP contribution in [0.5, 0.6) is 0 Å². The van der Waals surface area contributed by atoms with Gasteiger partial charge in [0, 0.05) is 29.3 Å². The quantitative estimate of drug-likeness (QED) is 0.507. The second-order valence-electron chi connectivity index (χ2n) is 6.92. The van der Waals surface area contributed by atoms with Crippen molar-refractivity contribution in [1.82, 2.24) is 10.2 Å². The zero-order valence-electron chi connectivity index (χ0n) is 15.4. The number of nitrogens with zero attached hydrogens (tertiary/aromatic N) is 3. The van der Waals surface area contributed by atoms with Crippen LogP contribution in [0, 0.1) is 5.82 Å². The summed E-state index contributed by atoms with van der Waals surface area (Å²) in [5.74, 6) is 0.791. The Hall–Kier alpha value is -2.47. The molecule has 1 aliphatic rings. The van der Waals surface area contributed by atoms with Crippen LogP contribution in [-0.4, -0.2) is 23.3 Å². The molecule has 1 aliphatic heterocycles. The van der Waals surface area contributed by atoms with Crippen LogP contribution in [0.4, 0.5) is 10.1 Å². The van der Waals surface area contributed by atoms with Crippen LogP contribution in [0.15, 0.2) is 51.4 Å². The van der Waals surface area contributed by atoms with Crippen LogP contribution in [0.1, 0.15) is 42.2 Å². The van der Waals surface area contributed by atoms with Crippen molar-refractivity contribution in [3.63, 3.8) is 0 Å². The second-order valence-corrected chi connectivity index (χ2v) is 7.84. The van der Waals surface area contributed by atoms with Crippen molar-refractivity contribution in [2.45, 2.75) is 25.7 Å². The van der Waals surface area contributed by atoms with Crippen LogP contribution < -0.4 is 4.90 Å². The first-order valence-electron chi connectivity index (χ1n) is 9.47. The number of hydrogen-bond donors (Lipinski definition) is 0. The van der Waals surface area contributed by atoms with Crippen LogP contribution >= 0.6 is 15.9 Å². The summed E-state index contributed by atoms with van der Waals surface area (Å²) in [5, 5.41) is 8.23. The van der Waals surface area contributed by atoms with Gasteiger partial charge in [-0.2, -0.15) is 0 Å². The summed E-state index contributed by atoms with van der Waals surface area (Å²) in [5.41, 5.74) is 2.97. The van der Waals surface area contributed by atoms with E-state index in [4.69, 9.17) is 4.42 Å². The van der Waals surface area contributed by atoms with Crippen molar-refractivity contribution in [1.29, 1.82) is 0 Å². The summed E-state index contributed by atoms with van der Waals surface area (Å²) < 4.78 is 20.6. The molecule has 144 valence electrons. The van der Waals surface area contributed by atoms with E-state index < -0.39 is 0 Å². The van der Waals surface area contributed by atoms with E-state index in [1.807, 2.05) is 30.3 Å². The average molecular weight is 442 g/mol. The molecule has 0 amide bonds. The van der Waals surface area contributed by atoms with Crippen molar-refractivity contribution >= 4 is 33.8 Å². The molecule has 1 aromatic heterocycles. The van der Waals surface area contributed by atoms with E-state index in [1.165, 1.54) is 12.5 Å². The third kappa shape index (κ3) is 4.68. The van der Waals surface area contributed by atoms with E-state index in [0.717, 1.165) is 47.2 Å². The summed E-state index contributed by atoms with van der Waals surface area (Å²) in [6.07, 6.45) is 7.80. The Morgan fingerprint density at radius 1 is 1.04 bits per heavy atom. The van der Waals surface area contributed by atoms with Crippen LogP contribution in [0.25, 0.3) is 12.2 Å². The number of hydrogen-bond acceptors (Lipinski definition) is 4. The third-order valence-corrected chi connectivity index (χ3v) is 5.31. The minimum absolute atomic E-state index is 0.216. The second kappa shape index (κ2) is 8.69. The van der Waals surface area contributed by atoms with Crippen molar-refractivity contribution in [3.05, 3.63) is 75.7 Å². The highest BCUT2D eigenvalue weighted by atomic mass is 79.9. The predicted molar refractivity (Wildman–Crippen MR) is 113 cm³/mol. The first-order chi connectivity index (χ1) is 13.7. The molecule has 0 saturated carbocycles. The molecule has 1 saturated heterocycles. The Morgan fingerprint density at radius 2 is 1.89 bits per heavy atom. The minimum Gasteiger partial charge on any atom is -0.421 e. The van der Waals surface area contributed by atoms with Gasteiger partial charge in [-0.25, -0.2) is 4.39 Å². The summed E-state index contributed by atoms with van der Waals surface area (Å²) in [6, 6.07) is 12.9. The van der Waals surface area contributed by atoms with Gasteiger partial charge in [0.2, 0.25) is 11.8 Å². The van der Waals surface area contributed by atoms with E-state index in [2.05, 4.69) is 31.0 Å². The van der Waals surface area contributed by atoms with E-state index >= 15 is 0 Å². The van der Waals surface area contributed by atoms with E-state index in [0.29, 0.717) is 18.2 Å². The molecule has 3 aromatic rings. The number of halogens is 2. The molecule has 6 heteroatoms. The van der Waals surface area contributed by atoms with E-state index in [1.54, 1.807) is 18.2 Å². The van der Waals surface area contributed by atoms with Gasteiger partial charge in [-0.3, -0.25) is 0 Å². The Labute approximate surface area is 172 Å². The van der Waals surface area contributed by atoms with Crippen LogP contribution in [0.2, 0.25) is 0 Å². The van der Waals surface area contributed by atoms with Crippen molar-refractivity contribution < 1.29 is 8.81 Å². The summed E-state index contributed by atoms with van der Waals surface area (Å²) in [7, 11) is 0. The molecule has 1 fully saturated rings. The molecule has 0 N–H and O–H groups in total. The first kappa shape index (κ1) is 18.9. The lowest BCUT2D eigenvalue weighted by Gasteiger charge is -2.30. The molecule has 0 unspecified atom stereocenters. The molecular formula is C22H21BrFN3O. The molecule has 0 bridgehead atoms. The van der Waals surface area contributed by atoms with E-state index in [9.17, 15) is 4.39 Å². The summed E-state index contributed by atoms with van der Waals surface area (Å²) in [4.78, 5) is 2.25. The number of benzene rings is 2. The van der Waals surface area contributed by atoms with Gasteiger partial charge in [0.05, 0.1) is 6.42 Å². The van der Waals surface area contributed by atoms with Gasteiger partial charge >= 0.3 is 0 Å². The zero-order chi connectivity index (χ0) is 19.3. The van der Waals surface area contributed by atoms with Gasteiger partial charge in [-0.15, -0.1) is 10.2 Å². The fourth-order valence-electron chi connectivity index (χ4n) is 3.45. The Balaban J connectivity index is 1.51. The molecule has 0 spiro atoms. The molecule has 28 heavy (non-hydrogen) atoms. The van der Waals surface area contributed by atoms with E-state index in [-0.39, 0.29) is 5.82 Å². The maximum atomic E-state index is 13.8. The van der Waals surface area contributed by atoms with Gasteiger partial charge < -0.3 is 9.32 Å². The van der Waals surface area contributed by atoms with Gasteiger partial charge in [0.25, 0.3) is 0 Å². The number of rotatable bonds is 5. The molecule has 2 heterocycles. The normalized spacial score (nSPS) is 14.7. The SMILES string of the molecule is Fc1ccc(/C=C/c2nnc(Cc3cccc(Br)c3)o2)c(N2CCCCC2)c1. The smallest absolute Gasteiger partial charge is 0.240 e. The maximum Gasteiger partial charge on any atom is 0.240 e. The lowest BCUT2D eigenvalue weighted by Crippen LogP contribution is -2.30. The monoisotopic (exact) mass is 441 g/mol. The third-order valence-electron chi connectivity index (χ3n) is 4.82. The fourth-order valence-corrected chi connectivity index (χ4v) is 3.90. The molecule has 2 aromatic carbocycles. The number of aromatic nitrogens is 2. The van der Waals surface area contributed by atoms with Gasteiger partial charge in [-0.05, 0) is 66.8 Å². The highest BCUT2D eigenvalue weighted by Crippen LogP contribution is 2.27. The summed E-state index contributed by atoms with van der Waals surface area (Å²) >= 11 is 3.47. The average Bonchev–Trinajstić information content (AvgIpc) is 3.15. The minimum atomic E-state index is -0.216. The number of piperidine rings is 1. The van der Waals surface area contributed by atoms with Gasteiger partial charge in [0.15, 0.2) is 0 Å². The molecule has 0 radical (unpaired) electrons. The topological polar surface area (TPSA) is 42.2 Å². The highest BCUT2D eigenvalue weighted by molar-refractivity contribution is 9.10. The molecular weight excluding hydrogens is 421 g/mol. The van der Waals surface area contributed by atoms with Crippen molar-refractivity contribution in [2.75, 3.05) is 18.0 Å². The van der Waals surface area contributed by atoms with Gasteiger partial charge in [-0.1, -0.05) is 28.1 Å².